The minimum absolute atomic E-state index is 0.102. The number of nitrogens with one attached hydrogen (secondary N) is 3. The van der Waals surface area contributed by atoms with Gasteiger partial charge in [0.2, 0.25) is 21.8 Å². The minimum atomic E-state index is -3.91. The number of anilines is 1. The number of nitrogens with zero attached hydrogens (tertiary/aromatic N) is 2. The standard InChI is InChI=1S/C39H46ClF2N5O7S/c1-5-39(41,42)24-9-7-10-25(16-24)43-32(37(2,3)4)34(49)47-20-26(54-36(51)46-19-23-8-6-11-30(40)28(23)21-46)17-31(47)33(48)44-38(18-29(38)22-12-13-22)35(50)45-55(52,53)27-14-15-27/h5-11,16,22,26-27,29,31-32,43H,1,12-15,17-21H2,2-4H3,(H,44,48)(H,45,50)/t26-,29+,31+,32-,38-/m1/s1. The van der Waals surface area contributed by atoms with Gasteiger partial charge < -0.3 is 20.3 Å². The summed E-state index contributed by atoms with van der Waals surface area (Å²) in [5.74, 6) is -5.47. The molecule has 5 aliphatic rings. The number of benzene rings is 2. The van der Waals surface area contributed by atoms with E-state index in [2.05, 4.69) is 21.9 Å². The summed E-state index contributed by atoms with van der Waals surface area (Å²) in [6.45, 7) is 8.89. The predicted molar refractivity (Wildman–Crippen MR) is 200 cm³/mol. The molecule has 2 aromatic carbocycles. The summed E-state index contributed by atoms with van der Waals surface area (Å²) in [6, 6.07) is 8.60. The van der Waals surface area contributed by atoms with Gasteiger partial charge in [0, 0.05) is 29.2 Å². The maximum absolute atomic E-state index is 14.7. The molecule has 3 saturated carbocycles. The summed E-state index contributed by atoms with van der Waals surface area (Å²) >= 11 is 6.37. The molecule has 296 valence electrons. The lowest BCUT2D eigenvalue weighted by atomic mass is 9.85. The van der Waals surface area contributed by atoms with Crippen LogP contribution in [0.4, 0.5) is 19.3 Å². The zero-order valence-electron chi connectivity index (χ0n) is 30.9. The highest BCUT2D eigenvalue weighted by molar-refractivity contribution is 7.91. The van der Waals surface area contributed by atoms with Gasteiger partial charge in [0.25, 0.3) is 11.8 Å². The van der Waals surface area contributed by atoms with Crippen molar-refractivity contribution in [2.24, 2.45) is 17.3 Å². The maximum atomic E-state index is 14.7. The average molecular weight is 802 g/mol. The van der Waals surface area contributed by atoms with Crippen LogP contribution in [0.3, 0.4) is 0 Å². The molecule has 2 aromatic rings. The third-order valence-corrected chi connectivity index (χ3v) is 13.6. The first-order valence-electron chi connectivity index (χ1n) is 18.6. The molecule has 7 rings (SSSR count). The van der Waals surface area contributed by atoms with Crippen molar-refractivity contribution < 1.29 is 41.1 Å². The van der Waals surface area contributed by atoms with Gasteiger partial charge in [-0.1, -0.05) is 63.2 Å². The summed E-state index contributed by atoms with van der Waals surface area (Å²) in [7, 11) is -3.91. The molecule has 2 heterocycles. The second-order valence-corrected chi connectivity index (χ2v) is 19.0. The first kappa shape index (κ1) is 39.0. The minimum Gasteiger partial charge on any atom is -0.444 e. The first-order chi connectivity index (χ1) is 25.8. The van der Waals surface area contributed by atoms with Crippen molar-refractivity contribution in [1.29, 1.82) is 0 Å². The van der Waals surface area contributed by atoms with Gasteiger partial charge in [0.05, 0.1) is 18.3 Å². The average Bonchev–Trinajstić information content (AvgIpc) is 4.05. The number of alkyl halides is 2. The molecular formula is C39H46ClF2N5O7S. The fraction of sp³-hybridized carbons (Fsp3) is 0.538. The monoisotopic (exact) mass is 801 g/mol. The predicted octanol–water partition coefficient (Wildman–Crippen LogP) is 5.46. The molecule has 2 aliphatic heterocycles. The Bertz CT molecular complexity index is 2040. The molecule has 1 saturated heterocycles. The van der Waals surface area contributed by atoms with Crippen molar-refractivity contribution in [3.05, 3.63) is 76.8 Å². The fourth-order valence-electron chi connectivity index (χ4n) is 7.82. The van der Waals surface area contributed by atoms with Gasteiger partial charge in [-0.25, -0.2) is 13.2 Å². The SMILES string of the molecule is C=CC(F)(F)c1cccc(N[C@H](C(=O)N2C[C@H](OC(=O)N3Cc4cccc(Cl)c4C3)C[C@H]2C(=O)N[C@]2(C(=O)NS(=O)(=O)C3CC3)C[C@H]2C2CC2)C(C)(C)C)c1. The Hall–Kier alpha value is -4.24. The van der Waals surface area contributed by atoms with Crippen LogP contribution < -0.4 is 15.4 Å². The molecule has 5 atom stereocenters. The molecule has 3 aliphatic carbocycles. The van der Waals surface area contributed by atoms with Gasteiger partial charge in [-0.2, -0.15) is 8.78 Å². The Labute approximate surface area is 324 Å². The van der Waals surface area contributed by atoms with E-state index in [1.54, 1.807) is 39.0 Å². The van der Waals surface area contributed by atoms with Crippen LogP contribution in [0.15, 0.2) is 55.1 Å². The summed E-state index contributed by atoms with van der Waals surface area (Å²) in [5, 5.41) is 5.85. The quantitative estimate of drug-likeness (QED) is 0.239. The van der Waals surface area contributed by atoms with E-state index >= 15 is 0 Å². The molecule has 16 heteroatoms. The van der Waals surface area contributed by atoms with Crippen LogP contribution in [0, 0.1) is 17.3 Å². The lowest BCUT2D eigenvalue weighted by molar-refractivity contribution is -0.141. The summed E-state index contributed by atoms with van der Waals surface area (Å²) in [4.78, 5) is 59.1. The van der Waals surface area contributed by atoms with Gasteiger partial charge in [-0.3, -0.25) is 24.0 Å². The van der Waals surface area contributed by atoms with Crippen molar-refractivity contribution >= 4 is 51.1 Å². The van der Waals surface area contributed by atoms with Gasteiger partial charge in [-0.05, 0) is 84.8 Å². The molecule has 3 N–H and O–H groups in total. The van der Waals surface area contributed by atoms with E-state index in [9.17, 15) is 36.4 Å². The second-order valence-electron chi connectivity index (χ2n) is 16.6. The number of hydrogen-bond donors (Lipinski definition) is 3. The third-order valence-electron chi connectivity index (χ3n) is 11.4. The number of carbonyl (C=O) groups excluding carboxylic acids is 4. The largest absolute Gasteiger partial charge is 0.444 e. The van der Waals surface area contributed by atoms with Crippen molar-refractivity contribution in [1.82, 2.24) is 19.8 Å². The fourth-order valence-corrected chi connectivity index (χ4v) is 9.44. The first-order valence-corrected chi connectivity index (χ1v) is 20.5. The molecule has 4 amide bonds. The Morgan fingerprint density at radius 2 is 1.76 bits per heavy atom. The number of sulfonamides is 1. The van der Waals surface area contributed by atoms with Crippen LogP contribution in [0.25, 0.3) is 0 Å². The van der Waals surface area contributed by atoms with Crippen molar-refractivity contribution in [3.63, 3.8) is 0 Å². The summed E-state index contributed by atoms with van der Waals surface area (Å²) < 4.78 is 62.9. The summed E-state index contributed by atoms with van der Waals surface area (Å²) in [6.07, 6.45) is 1.70. The molecule has 0 bridgehead atoms. The van der Waals surface area contributed by atoms with Crippen molar-refractivity contribution in [2.75, 3.05) is 11.9 Å². The van der Waals surface area contributed by atoms with Crippen LogP contribution in [0.5, 0.6) is 0 Å². The zero-order valence-corrected chi connectivity index (χ0v) is 32.5. The highest BCUT2D eigenvalue weighted by Crippen LogP contribution is 2.57. The van der Waals surface area contributed by atoms with Gasteiger partial charge in [0.1, 0.15) is 23.7 Å². The second kappa shape index (κ2) is 14.1. The van der Waals surface area contributed by atoms with Crippen molar-refractivity contribution in [2.45, 2.75) is 107 Å². The van der Waals surface area contributed by atoms with E-state index in [0.29, 0.717) is 23.9 Å². The molecule has 0 spiro atoms. The molecule has 12 nitrogen and oxygen atoms in total. The van der Waals surface area contributed by atoms with Crippen LogP contribution in [0.1, 0.15) is 76.0 Å². The van der Waals surface area contributed by atoms with Gasteiger partial charge >= 0.3 is 6.09 Å². The lowest BCUT2D eigenvalue weighted by Gasteiger charge is -2.36. The van der Waals surface area contributed by atoms with E-state index in [1.165, 1.54) is 28.0 Å². The normalized spacial score (nSPS) is 25.5. The molecule has 0 unspecified atom stereocenters. The molecular weight excluding hydrogens is 756 g/mol. The third kappa shape index (κ3) is 7.91. The Balaban J connectivity index is 1.15. The van der Waals surface area contributed by atoms with E-state index in [1.807, 2.05) is 6.07 Å². The number of likely N-dealkylation sites (tertiary alicyclic amines) is 1. The van der Waals surface area contributed by atoms with Crippen LogP contribution in [-0.4, -0.2) is 77.6 Å². The Kier molecular flexibility index (Phi) is 9.97. The lowest BCUT2D eigenvalue weighted by Crippen LogP contribution is -2.58. The molecule has 0 aromatic heterocycles. The topological polar surface area (TPSA) is 154 Å². The number of halogens is 3. The van der Waals surface area contributed by atoms with E-state index in [-0.39, 0.29) is 55.6 Å². The van der Waals surface area contributed by atoms with Gasteiger partial charge in [-0.15, -0.1) is 0 Å². The van der Waals surface area contributed by atoms with E-state index < -0.39 is 74.2 Å². The number of hydrogen-bond acceptors (Lipinski definition) is 8. The highest BCUT2D eigenvalue weighted by atomic mass is 35.5. The van der Waals surface area contributed by atoms with Crippen molar-refractivity contribution in [3.8, 4) is 0 Å². The summed E-state index contributed by atoms with van der Waals surface area (Å²) in [5.41, 5.74) is -0.705. The Morgan fingerprint density at radius 1 is 1.05 bits per heavy atom. The van der Waals surface area contributed by atoms with E-state index in [0.717, 1.165) is 24.0 Å². The number of fused-ring (bicyclic) bond motifs is 1. The highest BCUT2D eigenvalue weighted by Gasteiger charge is 2.67. The molecule has 55 heavy (non-hydrogen) atoms. The van der Waals surface area contributed by atoms with Crippen LogP contribution in [0.2, 0.25) is 5.02 Å². The zero-order chi connectivity index (χ0) is 39.7. The smallest absolute Gasteiger partial charge is 0.410 e. The number of allylic oxidation sites excluding steroid dienone is 1. The Morgan fingerprint density at radius 3 is 2.40 bits per heavy atom. The number of carbonyl (C=O) groups is 4. The number of amides is 4. The number of ether oxygens (including phenoxy) is 1. The molecule has 0 radical (unpaired) electrons. The van der Waals surface area contributed by atoms with E-state index in [4.69, 9.17) is 16.3 Å². The molecule has 4 fully saturated rings. The van der Waals surface area contributed by atoms with Crippen LogP contribution >= 0.6 is 11.6 Å². The van der Waals surface area contributed by atoms with Gasteiger partial charge in [0.15, 0.2) is 0 Å². The number of rotatable bonds is 12. The maximum Gasteiger partial charge on any atom is 0.410 e. The van der Waals surface area contributed by atoms with Crippen LogP contribution in [-0.2, 0) is 48.2 Å².